The molecule has 0 aliphatic carbocycles. The molecule has 2 aromatic rings. The van der Waals surface area contributed by atoms with E-state index in [-0.39, 0.29) is 6.03 Å². The molecule has 3 rings (SSSR count). The van der Waals surface area contributed by atoms with Crippen LogP contribution in [0.1, 0.15) is 43.1 Å². The number of amides is 2. The molecular formula is C20H27N5O. The lowest BCUT2D eigenvalue weighted by molar-refractivity contribution is 0.251. The molecule has 0 unspecified atom stereocenters. The fourth-order valence-electron chi connectivity index (χ4n) is 3.23. The van der Waals surface area contributed by atoms with Gasteiger partial charge >= 0.3 is 6.03 Å². The van der Waals surface area contributed by atoms with E-state index in [1.807, 2.05) is 37.3 Å². The van der Waals surface area contributed by atoms with Gasteiger partial charge in [-0.1, -0.05) is 25.1 Å². The highest BCUT2D eigenvalue weighted by molar-refractivity contribution is 5.90. The fraction of sp³-hybridized carbons (Fsp3) is 0.450. The Balaban J connectivity index is 1.62. The normalized spacial score (nSPS) is 14.2. The molecule has 2 heterocycles. The summed E-state index contributed by atoms with van der Waals surface area (Å²) in [5, 5.41) is 5.82. The van der Waals surface area contributed by atoms with Crippen molar-refractivity contribution in [3.8, 4) is 0 Å². The first-order valence-electron chi connectivity index (χ1n) is 9.38. The van der Waals surface area contributed by atoms with E-state index in [2.05, 4.69) is 32.4 Å². The van der Waals surface area contributed by atoms with Crippen molar-refractivity contribution in [2.75, 3.05) is 23.3 Å². The third-order valence-electron chi connectivity index (χ3n) is 4.61. The SMILES string of the molecule is CCc1ccccc1NC(=O)NCc1cc(C)nc(N2CCCCC2)n1. The van der Waals surface area contributed by atoms with E-state index in [1.54, 1.807) is 0 Å². The first-order chi connectivity index (χ1) is 12.7. The maximum atomic E-state index is 12.2. The molecule has 1 fully saturated rings. The van der Waals surface area contributed by atoms with E-state index >= 15 is 0 Å². The molecule has 0 atom stereocenters. The number of nitrogens with one attached hydrogen (secondary N) is 2. The van der Waals surface area contributed by atoms with Crippen LogP contribution in [0, 0.1) is 6.92 Å². The van der Waals surface area contributed by atoms with Crippen LogP contribution in [0.5, 0.6) is 0 Å². The molecule has 0 saturated carbocycles. The fourth-order valence-corrected chi connectivity index (χ4v) is 3.23. The van der Waals surface area contributed by atoms with Gasteiger partial charge in [-0.2, -0.15) is 0 Å². The Labute approximate surface area is 155 Å². The van der Waals surface area contributed by atoms with Crippen LogP contribution in [-0.4, -0.2) is 29.1 Å². The molecule has 0 spiro atoms. The molecular weight excluding hydrogens is 326 g/mol. The Morgan fingerprint density at radius 3 is 2.69 bits per heavy atom. The zero-order chi connectivity index (χ0) is 18.4. The van der Waals surface area contributed by atoms with Crippen LogP contribution < -0.4 is 15.5 Å². The van der Waals surface area contributed by atoms with Gasteiger partial charge in [-0.15, -0.1) is 0 Å². The highest BCUT2D eigenvalue weighted by Gasteiger charge is 2.15. The number of urea groups is 1. The number of para-hydroxylation sites is 1. The van der Waals surface area contributed by atoms with Gasteiger partial charge in [0.2, 0.25) is 5.95 Å². The number of nitrogens with zero attached hydrogens (tertiary/aromatic N) is 3. The van der Waals surface area contributed by atoms with Crippen LogP contribution >= 0.6 is 0 Å². The number of carbonyl (C=O) groups excluding carboxylic acids is 1. The van der Waals surface area contributed by atoms with Gasteiger partial charge in [0, 0.05) is 24.5 Å². The van der Waals surface area contributed by atoms with E-state index in [9.17, 15) is 4.79 Å². The van der Waals surface area contributed by atoms with Crippen LogP contribution in [0.15, 0.2) is 30.3 Å². The Hall–Kier alpha value is -2.63. The minimum atomic E-state index is -0.221. The zero-order valence-electron chi connectivity index (χ0n) is 15.6. The number of hydrogen-bond acceptors (Lipinski definition) is 4. The predicted molar refractivity (Wildman–Crippen MR) is 105 cm³/mol. The van der Waals surface area contributed by atoms with E-state index in [4.69, 9.17) is 0 Å². The molecule has 2 N–H and O–H groups in total. The molecule has 138 valence electrons. The number of piperidine rings is 1. The third kappa shape index (κ3) is 4.71. The first kappa shape index (κ1) is 18.2. The number of aromatic nitrogens is 2. The predicted octanol–water partition coefficient (Wildman–Crippen LogP) is 3.66. The summed E-state index contributed by atoms with van der Waals surface area (Å²) in [6.45, 7) is 6.43. The molecule has 1 saturated heterocycles. The summed E-state index contributed by atoms with van der Waals surface area (Å²) in [4.78, 5) is 23.7. The summed E-state index contributed by atoms with van der Waals surface area (Å²) in [6, 6.07) is 9.55. The summed E-state index contributed by atoms with van der Waals surface area (Å²) in [7, 11) is 0. The van der Waals surface area contributed by atoms with Gasteiger partial charge < -0.3 is 15.5 Å². The summed E-state index contributed by atoms with van der Waals surface area (Å²) < 4.78 is 0. The average molecular weight is 353 g/mol. The second-order valence-corrected chi connectivity index (χ2v) is 6.67. The van der Waals surface area contributed by atoms with Crippen LogP contribution in [0.3, 0.4) is 0 Å². The van der Waals surface area contributed by atoms with E-state index in [0.717, 1.165) is 48.1 Å². The summed E-state index contributed by atoms with van der Waals surface area (Å²) >= 11 is 0. The smallest absolute Gasteiger partial charge is 0.319 e. The van der Waals surface area contributed by atoms with E-state index in [1.165, 1.54) is 19.3 Å². The third-order valence-corrected chi connectivity index (χ3v) is 4.61. The minimum Gasteiger partial charge on any atom is -0.341 e. The van der Waals surface area contributed by atoms with E-state index < -0.39 is 0 Å². The van der Waals surface area contributed by atoms with Gasteiger partial charge in [-0.05, 0) is 50.3 Å². The standard InChI is InChI=1S/C20H27N5O/c1-3-16-9-5-6-10-18(16)24-20(26)21-14-17-13-15(2)22-19(23-17)25-11-7-4-8-12-25/h5-6,9-10,13H,3-4,7-8,11-12,14H2,1-2H3,(H2,21,24,26). The molecule has 0 radical (unpaired) electrons. The summed E-state index contributed by atoms with van der Waals surface area (Å²) in [6.07, 6.45) is 4.52. The van der Waals surface area contributed by atoms with Gasteiger partial charge in [0.25, 0.3) is 0 Å². The average Bonchev–Trinajstić information content (AvgIpc) is 2.67. The molecule has 1 aromatic heterocycles. The molecule has 1 aliphatic rings. The number of rotatable bonds is 5. The van der Waals surface area contributed by atoms with Gasteiger partial charge in [0.15, 0.2) is 0 Å². The molecule has 1 aromatic carbocycles. The quantitative estimate of drug-likeness (QED) is 0.861. The second kappa shape index (κ2) is 8.65. The summed E-state index contributed by atoms with van der Waals surface area (Å²) in [5.74, 6) is 0.776. The van der Waals surface area contributed by atoms with Crippen molar-refractivity contribution in [2.24, 2.45) is 0 Å². The van der Waals surface area contributed by atoms with Gasteiger partial charge in [0.05, 0.1) is 12.2 Å². The molecule has 26 heavy (non-hydrogen) atoms. The number of aryl methyl sites for hydroxylation is 2. The Morgan fingerprint density at radius 1 is 1.15 bits per heavy atom. The zero-order valence-corrected chi connectivity index (χ0v) is 15.6. The minimum absolute atomic E-state index is 0.221. The van der Waals surface area contributed by atoms with Crippen molar-refractivity contribution in [1.29, 1.82) is 0 Å². The number of hydrogen-bond donors (Lipinski definition) is 2. The molecule has 2 amide bonds. The monoisotopic (exact) mass is 353 g/mol. The Kier molecular flexibility index (Phi) is 6.04. The molecule has 0 bridgehead atoms. The van der Waals surface area contributed by atoms with Crippen LogP contribution in [0.25, 0.3) is 0 Å². The maximum absolute atomic E-state index is 12.2. The van der Waals surface area contributed by atoms with Crippen LogP contribution in [0.2, 0.25) is 0 Å². The van der Waals surface area contributed by atoms with Crippen molar-refractivity contribution < 1.29 is 4.79 Å². The second-order valence-electron chi connectivity index (χ2n) is 6.67. The van der Waals surface area contributed by atoms with Gasteiger partial charge in [0.1, 0.15) is 0 Å². The lowest BCUT2D eigenvalue weighted by Crippen LogP contribution is -2.32. The van der Waals surface area contributed by atoms with Crippen molar-refractivity contribution >= 4 is 17.7 Å². The van der Waals surface area contributed by atoms with Crippen molar-refractivity contribution in [3.63, 3.8) is 0 Å². The topological polar surface area (TPSA) is 70.2 Å². The highest BCUT2D eigenvalue weighted by atomic mass is 16.2. The highest BCUT2D eigenvalue weighted by Crippen LogP contribution is 2.17. The largest absolute Gasteiger partial charge is 0.341 e. The lowest BCUT2D eigenvalue weighted by atomic mass is 10.1. The number of benzene rings is 1. The van der Waals surface area contributed by atoms with Gasteiger partial charge in [-0.25, -0.2) is 14.8 Å². The van der Waals surface area contributed by atoms with E-state index in [0.29, 0.717) is 6.54 Å². The number of anilines is 2. The van der Waals surface area contributed by atoms with Crippen molar-refractivity contribution in [2.45, 2.75) is 46.1 Å². The number of carbonyl (C=O) groups is 1. The van der Waals surface area contributed by atoms with Crippen molar-refractivity contribution in [3.05, 3.63) is 47.3 Å². The molecule has 6 heteroatoms. The van der Waals surface area contributed by atoms with Crippen LogP contribution in [-0.2, 0) is 13.0 Å². The maximum Gasteiger partial charge on any atom is 0.319 e. The lowest BCUT2D eigenvalue weighted by Gasteiger charge is -2.27. The Morgan fingerprint density at radius 2 is 1.92 bits per heavy atom. The molecule has 1 aliphatic heterocycles. The molecule has 6 nitrogen and oxygen atoms in total. The van der Waals surface area contributed by atoms with Crippen LogP contribution in [0.4, 0.5) is 16.4 Å². The summed E-state index contributed by atoms with van der Waals surface area (Å²) in [5.41, 5.74) is 3.72. The van der Waals surface area contributed by atoms with Gasteiger partial charge in [-0.3, -0.25) is 0 Å². The Bertz CT molecular complexity index is 756. The van der Waals surface area contributed by atoms with Crippen molar-refractivity contribution in [1.82, 2.24) is 15.3 Å². The first-order valence-corrected chi connectivity index (χ1v) is 9.38.